The second kappa shape index (κ2) is 5.20. The van der Waals surface area contributed by atoms with Gasteiger partial charge in [-0.2, -0.15) is 13.2 Å². The molecule has 7 heteroatoms. The van der Waals surface area contributed by atoms with E-state index in [2.05, 4.69) is 9.72 Å². The van der Waals surface area contributed by atoms with Crippen LogP contribution >= 0.6 is 0 Å². The Morgan fingerprint density at radius 2 is 2.18 bits per heavy atom. The van der Waals surface area contributed by atoms with Crippen LogP contribution in [0, 0.1) is 6.92 Å². The Hall–Kier alpha value is -1.53. The number of halogens is 3. The van der Waals surface area contributed by atoms with Gasteiger partial charge in [0.15, 0.2) is 0 Å². The maximum Gasteiger partial charge on any atom is 0.389 e. The van der Waals surface area contributed by atoms with Crippen molar-refractivity contribution in [3.05, 3.63) is 17.7 Å². The fourth-order valence-corrected chi connectivity index (χ4v) is 1.46. The third-order valence-electron chi connectivity index (χ3n) is 2.29. The maximum absolute atomic E-state index is 12.0. The van der Waals surface area contributed by atoms with Crippen LogP contribution in [0.5, 0.6) is 0 Å². The molecule has 1 rings (SSSR count). The Bertz CT molecular complexity index is 399. The lowest BCUT2D eigenvalue weighted by molar-refractivity contribution is -0.135. The van der Waals surface area contributed by atoms with Crippen LogP contribution in [0.15, 0.2) is 6.20 Å². The Balaban J connectivity index is 2.70. The Morgan fingerprint density at radius 1 is 1.53 bits per heavy atom. The highest BCUT2D eigenvalue weighted by Crippen LogP contribution is 2.22. The first-order valence-electron chi connectivity index (χ1n) is 5.02. The second-order valence-electron chi connectivity index (χ2n) is 3.55. The Labute approximate surface area is 96.4 Å². The van der Waals surface area contributed by atoms with Gasteiger partial charge in [0.05, 0.1) is 13.3 Å². The molecule has 1 aromatic heterocycles. The number of hydrogen-bond donors (Lipinski definition) is 0. The van der Waals surface area contributed by atoms with Crippen LogP contribution in [0.2, 0.25) is 0 Å². The smallest absolute Gasteiger partial charge is 0.389 e. The number of ether oxygens (including phenoxy) is 1. The summed E-state index contributed by atoms with van der Waals surface area (Å²) in [6, 6.07) is 0. The molecule has 0 aromatic carbocycles. The molecule has 96 valence electrons. The number of alkyl halides is 3. The van der Waals surface area contributed by atoms with Gasteiger partial charge in [-0.05, 0) is 13.3 Å². The number of aryl methyl sites for hydroxylation is 1. The second-order valence-corrected chi connectivity index (χ2v) is 3.55. The van der Waals surface area contributed by atoms with Crippen LogP contribution in [0.4, 0.5) is 13.2 Å². The summed E-state index contributed by atoms with van der Waals surface area (Å²) in [6.07, 6.45) is -3.86. The standard InChI is InChI=1S/C10H13F3N2O2/c1-7-14-6-8(9(16)17-2)15(7)5-3-4-10(11,12)13/h6H,3-5H2,1-2H3. The summed E-state index contributed by atoms with van der Waals surface area (Å²) in [5, 5.41) is 0. The topological polar surface area (TPSA) is 44.1 Å². The van der Waals surface area contributed by atoms with Crippen molar-refractivity contribution < 1.29 is 22.7 Å². The van der Waals surface area contributed by atoms with Crippen LogP contribution in [0.1, 0.15) is 29.2 Å². The molecule has 0 unspecified atom stereocenters. The molecule has 0 bridgehead atoms. The number of esters is 1. The fourth-order valence-electron chi connectivity index (χ4n) is 1.46. The lowest BCUT2D eigenvalue weighted by atomic mass is 10.3. The molecule has 0 amide bonds. The first-order chi connectivity index (χ1) is 7.85. The summed E-state index contributed by atoms with van der Waals surface area (Å²) in [7, 11) is 1.21. The molecule has 1 aromatic rings. The van der Waals surface area contributed by atoms with Gasteiger partial charge >= 0.3 is 12.1 Å². The molecule has 1 heterocycles. The monoisotopic (exact) mass is 250 g/mol. The van der Waals surface area contributed by atoms with E-state index >= 15 is 0 Å². The van der Waals surface area contributed by atoms with Gasteiger partial charge in [-0.3, -0.25) is 0 Å². The van der Waals surface area contributed by atoms with Crippen molar-refractivity contribution in [3.63, 3.8) is 0 Å². The molecule has 0 saturated carbocycles. The van der Waals surface area contributed by atoms with E-state index in [1.54, 1.807) is 6.92 Å². The van der Waals surface area contributed by atoms with E-state index in [-0.39, 0.29) is 18.7 Å². The first-order valence-corrected chi connectivity index (χ1v) is 5.02. The van der Waals surface area contributed by atoms with Crippen LogP contribution in [-0.2, 0) is 11.3 Å². The number of rotatable bonds is 4. The highest BCUT2D eigenvalue weighted by Gasteiger charge is 2.26. The quantitative estimate of drug-likeness (QED) is 0.770. The molecule has 0 saturated heterocycles. The van der Waals surface area contributed by atoms with Gasteiger partial charge in [0, 0.05) is 13.0 Å². The predicted molar refractivity (Wildman–Crippen MR) is 53.6 cm³/mol. The lowest BCUT2D eigenvalue weighted by Crippen LogP contribution is -2.14. The summed E-state index contributed by atoms with van der Waals surface area (Å²) in [4.78, 5) is 15.2. The van der Waals surface area contributed by atoms with Crippen molar-refractivity contribution in [3.8, 4) is 0 Å². The molecular weight excluding hydrogens is 237 g/mol. The van der Waals surface area contributed by atoms with Gasteiger partial charge in [0.2, 0.25) is 0 Å². The average Bonchev–Trinajstić information content (AvgIpc) is 2.58. The summed E-state index contributed by atoms with van der Waals surface area (Å²) in [5.74, 6) is -0.106. The van der Waals surface area contributed by atoms with E-state index in [1.165, 1.54) is 17.9 Å². The zero-order valence-corrected chi connectivity index (χ0v) is 9.54. The van der Waals surface area contributed by atoms with Crippen molar-refractivity contribution in [2.24, 2.45) is 0 Å². The van der Waals surface area contributed by atoms with Crippen LogP contribution < -0.4 is 0 Å². The number of carbonyl (C=O) groups is 1. The minimum Gasteiger partial charge on any atom is -0.464 e. The number of carbonyl (C=O) groups excluding carboxylic acids is 1. The van der Waals surface area contributed by atoms with Crippen molar-refractivity contribution >= 4 is 5.97 Å². The first kappa shape index (κ1) is 13.5. The van der Waals surface area contributed by atoms with E-state index in [0.717, 1.165) is 0 Å². The third kappa shape index (κ3) is 3.76. The van der Waals surface area contributed by atoms with Crippen LogP contribution in [0.25, 0.3) is 0 Å². The fraction of sp³-hybridized carbons (Fsp3) is 0.600. The summed E-state index contributed by atoms with van der Waals surface area (Å²) < 4.78 is 41.9. The van der Waals surface area contributed by atoms with Gasteiger partial charge in [-0.1, -0.05) is 0 Å². The normalized spacial score (nSPS) is 11.6. The SMILES string of the molecule is COC(=O)c1cnc(C)n1CCCC(F)(F)F. The molecule has 4 nitrogen and oxygen atoms in total. The zero-order chi connectivity index (χ0) is 13.1. The molecular formula is C10H13F3N2O2. The minimum absolute atomic E-state index is 0.0926. The van der Waals surface area contributed by atoms with E-state index in [9.17, 15) is 18.0 Å². The molecule has 0 aliphatic rings. The summed E-state index contributed by atoms with van der Waals surface area (Å²) >= 11 is 0. The molecule has 0 fully saturated rings. The number of methoxy groups -OCH3 is 1. The molecule has 17 heavy (non-hydrogen) atoms. The number of imidazole rings is 1. The van der Waals surface area contributed by atoms with E-state index < -0.39 is 18.6 Å². The molecule has 0 aliphatic carbocycles. The van der Waals surface area contributed by atoms with Gasteiger partial charge in [0.25, 0.3) is 0 Å². The summed E-state index contributed by atoms with van der Waals surface area (Å²) in [5.41, 5.74) is 0.173. The highest BCUT2D eigenvalue weighted by molar-refractivity contribution is 5.87. The predicted octanol–water partition coefficient (Wildman–Crippen LogP) is 2.32. The van der Waals surface area contributed by atoms with E-state index in [0.29, 0.717) is 5.82 Å². The zero-order valence-electron chi connectivity index (χ0n) is 9.54. The van der Waals surface area contributed by atoms with Crippen molar-refractivity contribution in [2.45, 2.75) is 32.5 Å². The van der Waals surface area contributed by atoms with Crippen molar-refractivity contribution in [2.75, 3.05) is 7.11 Å². The van der Waals surface area contributed by atoms with Crippen LogP contribution in [-0.4, -0.2) is 28.8 Å². The Morgan fingerprint density at radius 3 is 2.71 bits per heavy atom. The molecule has 0 atom stereocenters. The van der Waals surface area contributed by atoms with Gasteiger partial charge in [-0.25, -0.2) is 9.78 Å². The highest BCUT2D eigenvalue weighted by atomic mass is 19.4. The number of nitrogens with zero attached hydrogens (tertiary/aromatic N) is 2. The van der Waals surface area contributed by atoms with Gasteiger partial charge in [-0.15, -0.1) is 0 Å². The van der Waals surface area contributed by atoms with Crippen molar-refractivity contribution in [1.82, 2.24) is 9.55 Å². The van der Waals surface area contributed by atoms with E-state index in [1.807, 2.05) is 0 Å². The molecule has 0 radical (unpaired) electrons. The molecule has 0 N–H and O–H groups in total. The summed E-state index contributed by atoms with van der Waals surface area (Å²) in [6.45, 7) is 1.72. The number of aromatic nitrogens is 2. The average molecular weight is 250 g/mol. The Kier molecular flexibility index (Phi) is 4.14. The van der Waals surface area contributed by atoms with Gasteiger partial charge < -0.3 is 9.30 Å². The maximum atomic E-state index is 12.0. The van der Waals surface area contributed by atoms with Gasteiger partial charge in [0.1, 0.15) is 11.5 Å². The molecule has 0 aliphatic heterocycles. The lowest BCUT2D eigenvalue weighted by Gasteiger charge is -2.10. The third-order valence-corrected chi connectivity index (χ3v) is 2.29. The van der Waals surface area contributed by atoms with Crippen molar-refractivity contribution in [1.29, 1.82) is 0 Å². The number of hydrogen-bond acceptors (Lipinski definition) is 3. The van der Waals surface area contributed by atoms with Crippen LogP contribution in [0.3, 0.4) is 0 Å². The van der Waals surface area contributed by atoms with E-state index in [4.69, 9.17) is 0 Å². The largest absolute Gasteiger partial charge is 0.464 e. The molecule has 0 spiro atoms. The minimum atomic E-state index is -4.18.